The van der Waals surface area contributed by atoms with Gasteiger partial charge >= 0.3 is 0 Å². The van der Waals surface area contributed by atoms with Crippen molar-refractivity contribution in [2.75, 3.05) is 13.7 Å². The van der Waals surface area contributed by atoms with Crippen LogP contribution in [0.3, 0.4) is 0 Å². The van der Waals surface area contributed by atoms with E-state index >= 15 is 0 Å². The molecule has 0 aliphatic carbocycles. The molecular weight excluding hydrogens is 345 g/mol. The Labute approximate surface area is 146 Å². The molecular formula is C18H18FNO4S. The number of aryl methyl sites for hydroxylation is 1. The summed E-state index contributed by atoms with van der Waals surface area (Å²) in [7, 11) is -2.44. The predicted octanol–water partition coefficient (Wildman–Crippen LogP) is 2.92. The maximum absolute atomic E-state index is 14.3. The van der Waals surface area contributed by atoms with E-state index in [1.54, 1.807) is 12.1 Å². The van der Waals surface area contributed by atoms with Crippen LogP contribution in [-0.2, 0) is 16.6 Å². The number of sulfonamides is 1. The number of carbonyl (C=O) groups is 1. The fraction of sp³-hybridized carbons (Fsp3) is 0.278. The summed E-state index contributed by atoms with van der Waals surface area (Å²) in [5.74, 6) is -0.681. The zero-order valence-corrected chi connectivity index (χ0v) is 14.8. The van der Waals surface area contributed by atoms with Gasteiger partial charge in [-0.2, -0.15) is 4.31 Å². The Hall–Kier alpha value is -2.25. The van der Waals surface area contributed by atoms with Crippen LogP contribution in [0.25, 0.3) is 0 Å². The summed E-state index contributed by atoms with van der Waals surface area (Å²) < 4.78 is 46.4. The van der Waals surface area contributed by atoms with Crippen LogP contribution in [0, 0.1) is 12.7 Å². The van der Waals surface area contributed by atoms with E-state index in [-0.39, 0.29) is 47.1 Å². The maximum Gasteiger partial charge on any atom is 0.243 e. The van der Waals surface area contributed by atoms with Gasteiger partial charge in [0, 0.05) is 25.1 Å². The van der Waals surface area contributed by atoms with Crippen molar-refractivity contribution in [3.05, 3.63) is 58.9 Å². The molecule has 5 nitrogen and oxygen atoms in total. The zero-order chi connectivity index (χ0) is 18.2. The van der Waals surface area contributed by atoms with Gasteiger partial charge in [-0.05, 0) is 31.2 Å². The lowest BCUT2D eigenvalue weighted by Crippen LogP contribution is -2.31. The number of Topliss-reactive ketones (excluding diaryl/α,β-unsaturated/α-hetero) is 1. The molecule has 7 heteroatoms. The van der Waals surface area contributed by atoms with Crippen LogP contribution < -0.4 is 4.74 Å². The van der Waals surface area contributed by atoms with Crippen molar-refractivity contribution in [3.8, 4) is 5.75 Å². The standard InChI is InChI=1S/C18H18FNO4S/c1-12-3-5-13(6-4-12)25(22,23)20-10-9-16(21)18-14(11-20)15(19)7-8-17(18)24-2/h3-8H,9-11H2,1-2H3. The van der Waals surface area contributed by atoms with Crippen molar-refractivity contribution < 1.29 is 22.3 Å². The van der Waals surface area contributed by atoms with Crippen LogP contribution >= 0.6 is 0 Å². The number of carbonyl (C=O) groups excluding carboxylic acids is 1. The lowest BCUT2D eigenvalue weighted by molar-refractivity contribution is 0.0978. The third-order valence-electron chi connectivity index (χ3n) is 4.30. The predicted molar refractivity (Wildman–Crippen MR) is 90.7 cm³/mol. The Morgan fingerprint density at radius 1 is 1.12 bits per heavy atom. The Morgan fingerprint density at radius 3 is 2.44 bits per heavy atom. The molecule has 0 spiro atoms. The van der Waals surface area contributed by atoms with Crippen LogP contribution in [0.4, 0.5) is 4.39 Å². The van der Waals surface area contributed by atoms with Crippen LogP contribution in [0.15, 0.2) is 41.3 Å². The Balaban J connectivity index is 2.07. The first-order chi connectivity index (χ1) is 11.8. The molecule has 0 unspecified atom stereocenters. The SMILES string of the molecule is COc1ccc(F)c2c1C(=O)CCN(S(=O)(=O)c1ccc(C)cc1)C2. The molecule has 25 heavy (non-hydrogen) atoms. The summed E-state index contributed by atoms with van der Waals surface area (Å²) in [4.78, 5) is 12.5. The van der Waals surface area contributed by atoms with Crippen LogP contribution in [0.5, 0.6) is 5.75 Å². The van der Waals surface area contributed by atoms with Gasteiger partial charge in [0.1, 0.15) is 11.6 Å². The molecule has 1 heterocycles. The highest BCUT2D eigenvalue weighted by Gasteiger charge is 2.32. The molecule has 0 amide bonds. The third-order valence-corrected chi connectivity index (χ3v) is 6.16. The van der Waals surface area contributed by atoms with E-state index in [1.807, 2.05) is 6.92 Å². The fourth-order valence-corrected chi connectivity index (χ4v) is 4.31. The monoisotopic (exact) mass is 363 g/mol. The minimum absolute atomic E-state index is 0.00762. The molecule has 0 N–H and O–H groups in total. The molecule has 132 valence electrons. The van der Waals surface area contributed by atoms with Gasteiger partial charge < -0.3 is 4.74 Å². The van der Waals surface area contributed by atoms with Crippen LogP contribution in [0.2, 0.25) is 0 Å². The molecule has 0 saturated carbocycles. The van der Waals surface area contributed by atoms with Crippen molar-refractivity contribution >= 4 is 15.8 Å². The summed E-state index contributed by atoms with van der Waals surface area (Å²) in [5.41, 5.74) is 1.12. The minimum atomic E-state index is -3.83. The summed E-state index contributed by atoms with van der Waals surface area (Å²) >= 11 is 0. The summed E-state index contributed by atoms with van der Waals surface area (Å²) in [6.07, 6.45) is -0.0299. The first kappa shape index (κ1) is 17.6. The molecule has 0 aromatic heterocycles. The number of rotatable bonds is 3. The number of benzene rings is 2. The number of nitrogens with zero attached hydrogens (tertiary/aromatic N) is 1. The number of methoxy groups -OCH3 is 1. The molecule has 0 bridgehead atoms. The molecule has 1 aliphatic rings. The Morgan fingerprint density at radius 2 is 1.80 bits per heavy atom. The van der Waals surface area contributed by atoms with E-state index < -0.39 is 15.8 Å². The zero-order valence-electron chi connectivity index (χ0n) is 14.0. The number of hydrogen-bond acceptors (Lipinski definition) is 4. The highest BCUT2D eigenvalue weighted by atomic mass is 32.2. The van der Waals surface area contributed by atoms with Crippen LogP contribution in [0.1, 0.15) is 27.9 Å². The summed E-state index contributed by atoms with van der Waals surface area (Å²) in [6, 6.07) is 9.00. The second-order valence-electron chi connectivity index (χ2n) is 5.93. The second kappa shape index (κ2) is 6.57. The second-order valence-corrected chi connectivity index (χ2v) is 7.87. The van der Waals surface area contributed by atoms with Gasteiger partial charge in [-0.15, -0.1) is 0 Å². The summed E-state index contributed by atoms with van der Waals surface area (Å²) in [6.45, 7) is 1.64. The average molecular weight is 363 g/mol. The van der Waals surface area contributed by atoms with Crippen molar-refractivity contribution in [3.63, 3.8) is 0 Å². The average Bonchev–Trinajstić information content (AvgIpc) is 2.77. The van der Waals surface area contributed by atoms with Gasteiger partial charge in [0.25, 0.3) is 0 Å². The van der Waals surface area contributed by atoms with E-state index in [0.717, 1.165) is 9.87 Å². The Bertz CT molecular complexity index is 923. The van der Waals surface area contributed by atoms with Gasteiger partial charge in [0.2, 0.25) is 10.0 Å². The van der Waals surface area contributed by atoms with Gasteiger partial charge in [0.15, 0.2) is 5.78 Å². The molecule has 0 radical (unpaired) electrons. The molecule has 1 aliphatic heterocycles. The quantitative estimate of drug-likeness (QED) is 0.841. The molecule has 0 atom stereocenters. The molecule has 2 aromatic rings. The number of halogens is 1. The normalized spacial score (nSPS) is 15.6. The number of hydrogen-bond donors (Lipinski definition) is 0. The minimum Gasteiger partial charge on any atom is -0.496 e. The van der Waals surface area contributed by atoms with Crippen molar-refractivity contribution in [2.45, 2.75) is 24.8 Å². The van der Waals surface area contributed by atoms with E-state index in [2.05, 4.69) is 0 Å². The third kappa shape index (κ3) is 3.17. The van der Waals surface area contributed by atoms with Gasteiger partial charge in [-0.1, -0.05) is 17.7 Å². The number of ketones is 1. The number of ether oxygens (including phenoxy) is 1. The van der Waals surface area contributed by atoms with E-state index in [4.69, 9.17) is 4.74 Å². The topological polar surface area (TPSA) is 63.7 Å². The Kier molecular flexibility index (Phi) is 4.62. The smallest absolute Gasteiger partial charge is 0.243 e. The van der Waals surface area contributed by atoms with Crippen LogP contribution in [-0.4, -0.2) is 32.2 Å². The van der Waals surface area contributed by atoms with Gasteiger partial charge in [-0.25, -0.2) is 12.8 Å². The first-order valence-corrected chi connectivity index (χ1v) is 9.24. The van der Waals surface area contributed by atoms with Gasteiger partial charge in [-0.3, -0.25) is 4.79 Å². The number of fused-ring (bicyclic) bond motifs is 1. The maximum atomic E-state index is 14.3. The molecule has 3 rings (SSSR count). The largest absolute Gasteiger partial charge is 0.496 e. The van der Waals surface area contributed by atoms with Crippen molar-refractivity contribution in [1.82, 2.24) is 4.31 Å². The highest BCUT2D eigenvalue weighted by Crippen LogP contribution is 2.31. The van der Waals surface area contributed by atoms with Crippen molar-refractivity contribution in [1.29, 1.82) is 0 Å². The lowest BCUT2D eigenvalue weighted by atomic mass is 10.0. The fourth-order valence-electron chi connectivity index (χ4n) is 2.90. The van der Waals surface area contributed by atoms with E-state index in [1.165, 1.54) is 31.4 Å². The summed E-state index contributed by atoms with van der Waals surface area (Å²) in [5, 5.41) is 0. The van der Waals surface area contributed by atoms with Crippen molar-refractivity contribution in [2.24, 2.45) is 0 Å². The first-order valence-electron chi connectivity index (χ1n) is 7.80. The lowest BCUT2D eigenvalue weighted by Gasteiger charge is -2.20. The van der Waals surface area contributed by atoms with E-state index in [0.29, 0.717) is 0 Å². The highest BCUT2D eigenvalue weighted by molar-refractivity contribution is 7.89. The van der Waals surface area contributed by atoms with Gasteiger partial charge in [0.05, 0.1) is 17.6 Å². The molecule has 0 fully saturated rings. The molecule has 0 saturated heterocycles. The van der Waals surface area contributed by atoms with E-state index in [9.17, 15) is 17.6 Å². The molecule has 2 aromatic carbocycles.